The minimum Gasteiger partial charge on any atom is -0.362 e. The molecule has 17 heavy (non-hydrogen) atoms. The van der Waals surface area contributed by atoms with Crippen LogP contribution >= 0.6 is 11.6 Å². The third-order valence-corrected chi connectivity index (χ3v) is 2.78. The van der Waals surface area contributed by atoms with Gasteiger partial charge in [-0.2, -0.15) is 5.10 Å². The van der Waals surface area contributed by atoms with E-state index in [0.29, 0.717) is 0 Å². The number of hydrogen-bond acceptors (Lipinski definition) is 3. The summed E-state index contributed by atoms with van der Waals surface area (Å²) in [5.41, 5.74) is 2.25. The zero-order chi connectivity index (χ0) is 12.3. The highest BCUT2D eigenvalue weighted by molar-refractivity contribution is 6.30. The number of aryl methyl sites for hydroxylation is 1. The van der Waals surface area contributed by atoms with E-state index in [2.05, 4.69) is 22.4 Å². The fraction of sp³-hybridized carbons (Fsp3) is 0.231. The molecule has 1 aromatic heterocycles. The first-order valence-electron chi connectivity index (χ1n) is 5.46. The number of hydrogen-bond donors (Lipinski definition) is 1. The predicted octanol–water partition coefficient (Wildman–Crippen LogP) is 3.61. The third kappa shape index (κ3) is 3.17. The molecule has 0 aliphatic rings. The summed E-state index contributed by atoms with van der Waals surface area (Å²) in [7, 11) is 0. The van der Waals surface area contributed by atoms with Gasteiger partial charge in [0, 0.05) is 5.02 Å². The topological polar surface area (TPSA) is 37.8 Å². The average Bonchev–Trinajstić information content (AvgIpc) is 2.29. The van der Waals surface area contributed by atoms with Gasteiger partial charge in [0.05, 0.1) is 12.2 Å². The van der Waals surface area contributed by atoms with Gasteiger partial charge in [-0.25, -0.2) is 0 Å². The van der Waals surface area contributed by atoms with E-state index in [4.69, 9.17) is 11.6 Å². The fourth-order valence-corrected chi connectivity index (χ4v) is 1.72. The van der Waals surface area contributed by atoms with Gasteiger partial charge in [0.2, 0.25) is 0 Å². The standard InChI is InChI=1S/C13H14ClN3/c1-9-7-13(17-15-8-9)16-10(2)11-3-5-12(14)6-4-11/h3-8,10H,1-2H3,(H,16,17). The molecule has 1 aromatic carbocycles. The first kappa shape index (κ1) is 11.9. The SMILES string of the molecule is Cc1cnnc(NC(C)c2ccc(Cl)cc2)c1. The van der Waals surface area contributed by atoms with Crippen LogP contribution in [0.4, 0.5) is 5.82 Å². The van der Waals surface area contributed by atoms with Crippen LogP contribution in [0.25, 0.3) is 0 Å². The molecule has 0 aliphatic heterocycles. The summed E-state index contributed by atoms with van der Waals surface area (Å²) in [6.07, 6.45) is 1.73. The highest BCUT2D eigenvalue weighted by Gasteiger charge is 2.06. The second-order valence-electron chi connectivity index (χ2n) is 4.04. The Morgan fingerprint density at radius 2 is 1.94 bits per heavy atom. The van der Waals surface area contributed by atoms with E-state index in [9.17, 15) is 0 Å². The quantitative estimate of drug-likeness (QED) is 0.900. The van der Waals surface area contributed by atoms with Gasteiger partial charge in [0.25, 0.3) is 0 Å². The van der Waals surface area contributed by atoms with Gasteiger partial charge in [-0.05, 0) is 43.2 Å². The smallest absolute Gasteiger partial charge is 0.149 e. The third-order valence-electron chi connectivity index (χ3n) is 2.53. The molecule has 4 heteroatoms. The van der Waals surface area contributed by atoms with Crippen molar-refractivity contribution in [3.63, 3.8) is 0 Å². The highest BCUT2D eigenvalue weighted by atomic mass is 35.5. The van der Waals surface area contributed by atoms with Crippen molar-refractivity contribution in [1.29, 1.82) is 0 Å². The maximum atomic E-state index is 5.85. The maximum absolute atomic E-state index is 5.85. The molecular weight excluding hydrogens is 234 g/mol. The van der Waals surface area contributed by atoms with E-state index in [1.807, 2.05) is 37.3 Å². The van der Waals surface area contributed by atoms with Crippen molar-refractivity contribution in [3.8, 4) is 0 Å². The Kier molecular flexibility index (Phi) is 3.59. The van der Waals surface area contributed by atoms with E-state index in [1.165, 1.54) is 0 Å². The van der Waals surface area contributed by atoms with Gasteiger partial charge in [0.1, 0.15) is 5.82 Å². The maximum Gasteiger partial charge on any atom is 0.149 e. The Hall–Kier alpha value is -1.61. The molecule has 2 aromatic rings. The monoisotopic (exact) mass is 247 g/mol. The summed E-state index contributed by atoms with van der Waals surface area (Å²) in [6.45, 7) is 4.07. The van der Waals surface area contributed by atoms with E-state index in [-0.39, 0.29) is 6.04 Å². The lowest BCUT2D eigenvalue weighted by Crippen LogP contribution is -2.08. The molecule has 1 heterocycles. The van der Waals surface area contributed by atoms with Crippen molar-refractivity contribution in [2.75, 3.05) is 5.32 Å². The summed E-state index contributed by atoms with van der Waals surface area (Å²) in [5, 5.41) is 12.0. The number of nitrogens with zero attached hydrogens (tertiary/aromatic N) is 2. The molecule has 0 radical (unpaired) electrons. The largest absolute Gasteiger partial charge is 0.362 e. The lowest BCUT2D eigenvalue weighted by atomic mass is 10.1. The zero-order valence-corrected chi connectivity index (χ0v) is 10.6. The number of aromatic nitrogens is 2. The molecule has 0 bridgehead atoms. The molecule has 0 amide bonds. The van der Waals surface area contributed by atoms with Gasteiger partial charge in [-0.1, -0.05) is 23.7 Å². The van der Waals surface area contributed by atoms with Gasteiger partial charge >= 0.3 is 0 Å². The van der Waals surface area contributed by atoms with Crippen LogP contribution in [-0.4, -0.2) is 10.2 Å². The molecule has 0 spiro atoms. The van der Waals surface area contributed by atoms with Crippen LogP contribution in [-0.2, 0) is 0 Å². The number of rotatable bonds is 3. The average molecular weight is 248 g/mol. The molecule has 3 nitrogen and oxygen atoms in total. The molecule has 1 unspecified atom stereocenters. The number of anilines is 1. The predicted molar refractivity (Wildman–Crippen MR) is 70.3 cm³/mol. The number of halogens is 1. The second-order valence-corrected chi connectivity index (χ2v) is 4.47. The van der Waals surface area contributed by atoms with Crippen LogP contribution in [0.3, 0.4) is 0 Å². The van der Waals surface area contributed by atoms with Crippen LogP contribution in [0.5, 0.6) is 0 Å². The van der Waals surface area contributed by atoms with Gasteiger partial charge in [0.15, 0.2) is 0 Å². The summed E-state index contributed by atoms with van der Waals surface area (Å²) < 4.78 is 0. The molecule has 0 aliphatic carbocycles. The van der Waals surface area contributed by atoms with Crippen molar-refractivity contribution in [1.82, 2.24) is 10.2 Å². The molecule has 0 saturated carbocycles. The van der Waals surface area contributed by atoms with Crippen molar-refractivity contribution in [2.24, 2.45) is 0 Å². The molecule has 1 atom stereocenters. The van der Waals surface area contributed by atoms with Gasteiger partial charge in [-0.15, -0.1) is 5.10 Å². The summed E-state index contributed by atoms with van der Waals surface area (Å²) in [4.78, 5) is 0. The van der Waals surface area contributed by atoms with Crippen LogP contribution < -0.4 is 5.32 Å². The lowest BCUT2D eigenvalue weighted by molar-refractivity contribution is 0.859. The molecule has 1 N–H and O–H groups in total. The van der Waals surface area contributed by atoms with Crippen molar-refractivity contribution in [3.05, 3.63) is 52.7 Å². The van der Waals surface area contributed by atoms with Crippen molar-refractivity contribution >= 4 is 17.4 Å². The van der Waals surface area contributed by atoms with E-state index >= 15 is 0 Å². The Morgan fingerprint density at radius 1 is 1.24 bits per heavy atom. The molecule has 0 saturated heterocycles. The van der Waals surface area contributed by atoms with Crippen molar-refractivity contribution in [2.45, 2.75) is 19.9 Å². The van der Waals surface area contributed by atoms with Gasteiger partial charge in [-0.3, -0.25) is 0 Å². The van der Waals surface area contributed by atoms with E-state index in [1.54, 1.807) is 6.20 Å². The molecule has 88 valence electrons. The van der Waals surface area contributed by atoms with E-state index in [0.717, 1.165) is 22.0 Å². The summed E-state index contributed by atoms with van der Waals surface area (Å²) >= 11 is 5.85. The normalized spacial score (nSPS) is 12.2. The van der Waals surface area contributed by atoms with Crippen LogP contribution in [0.1, 0.15) is 24.1 Å². The van der Waals surface area contributed by atoms with Gasteiger partial charge < -0.3 is 5.32 Å². The fourth-order valence-electron chi connectivity index (χ4n) is 1.59. The minimum atomic E-state index is 0.170. The summed E-state index contributed by atoms with van der Waals surface area (Å²) in [5.74, 6) is 0.785. The summed E-state index contributed by atoms with van der Waals surface area (Å²) in [6, 6.07) is 9.92. The van der Waals surface area contributed by atoms with Crippen LogP contribution in [0.2, 0.25) is 5.02 Å². The lowest BCUT2D eigenvalue weighted by Gasteiger charge is -2.14. The van der Waals surface area contributed by atoms with Crippen LogP contribution in [0, 0.1) is 6.92 Å². The first-order chi connectivity index (χ1) is 8.15. The molecule has 2 rings (SSSR count). The molecular formula is C13H14ClN3. The highest BCUT2D eigenvalue weighted by Crippen LogP contribution is 2.19. The Balaban J connectivity index is 2.11. The number of nitrogens with one attached hydrogen (secondary N) is 1. The zero-order valence-electron chi connectivity index (χ0n) is 9.81. The van der Waals surface area contributed by atoms with E-state index < -0.39 is 0 Å². The number of benzene rings is 1. The minimum absolute atomic E-state index is 0.170. The Morgan fingerprint density at radius 3 is 2.59 bits per heavy atom. The molecule has 0 fully saturated rings. The first-order valence-corrected chi connectivity index (χ1v) is 5.84. The van der Waals surface area contributed by atoms with Crippen LogP contribution in [0.15, 0.2) is 36.5 Å². The Bertz CT molecular complexity index is 496. The second kappa shape index (κ2) is 5.15. The Labute approximate surface area is 106 Å². The van der Waals surface area contributed by atoms with Crippen molar-refractivity contribution < 1.29 is 0 Å².